The maximum absolute atomic E-state index is 12.1. The second kappa shape index (κ2) is 6.68. The van der Waals surface area contributed by atoms with E-state index < -0.39 is 5.54 Å². The zero-order valence-electron chi connectivity index (χ0n) is 12.0. The van der Waals surface area contributed by atoms with Gasteiger partial charge in [-0.2, -0.15) is 0 Å². The van der Waals surface area contributed by atoms with E-state index in [1.54, 1.807) is 0 Å². The molecule has 2 aliphatic rings. The van der Waals surface area contributed by atoms with Gasteiger partial charge in [0, 0.05) is 32.3 Å². The van der Waals surface area contributed by atoms with Gasteiger partial charge in [0.25, 0.3) is 0 Å². The molecule has 0 spiro atoms. The topological polar surface area (TPSA) is 67.6 Å². The van der Waals surface area contributed by atoms with Crippen molar-refractivity contribution in [2.24, 2.45) is 5.73 Å². The highest BCUT2D eigenvalue weighted by Crippen LogP contribution is 2.22. The molecule has 0 unspecified atom stereocenters. The van der Waals surface area contributed by atoms with Crippen LogP contribution in [0.15, 0.2) is 0 Å². The molecule has 3 N–H and O–H groups in total. The molecule has 1 aliphatic carbocycles. The Morgan fingerprint density at radius 3 is 2.63 bits per heavy atom. The van der Waals surface area contributed by atoms with Gasteiger partial charge in [-0.25, -0.2) is 0 Å². The van der Waals surface area contributed by atoms with Crippen molar-refractivity contribution in [1.82, 2.24) is 10.2 Å². The number of hydrogen-bond acceptors (Lipinski definition) is 4. The summed E-state index contributed by atoms with van der Waals surface area (Å²) in [6.45, 7) is 2.77. The van der Waals surface area contributed by atoms with Gasteiger partial charge >= 0.3 is 0 Å². The van der Waals surface area contributed by atoms with Crippen LogP contribution in [0.5, 0.6) is 0 Å². The largest absolute Gasteiger partial charge is 0.381 e. The third-order valence-corrected chi connectivity index (χ3v) is 4.54. The number of nitrogens with one attached hydrogen (secondary N) is 1. The van der Waals surface area contributed by atoms with Gasteiger partial charge in [-0.1, -0.05) is 12.8 Å². The third-order valence-electron chi connectivity index (χ3n) is 4.54. The van der Waals surface area contributed by atoms with Crippen molar-refractivity contribution in [1.29, 1.82) is 0 Å². The minimum atomic E-state index is -0.718. The maximum Gasteiger partial charge on any atom is 0.240 e. The van der Waals surface area contributed by atoms with E-state index >= 15 is 0 Å². The molecule has 0 bridgehead atoms. The number of carbonyl (C=O) groups excluding carboxylic acids is 1. The molecule has 0 atom stereocenters. The monoisotopic (exact) mass is 269 g/mol. The summed E-state index contributed by atoms with van der Waals surface area (Å²) in [5.41, 5.74) is 5.42. The van der Waals surface area contributed by atoms with E-state index in [1.807, 2.05) is 0 Å². The molecule has 0 aromatic rings. The molecule has 0 aromatic carbocycles. The predicted molar refractivity (Wildman–Crippen MR) is 74.9 cm³/mol. The van der Waals surface area contributed by atoms with E-state index in [4.69, 9.17) is 10.5 Å². The summed E-state index contributed by atoms with van der Waals surface area (Å²) in [4.78, 5) is 14.5. The molecule has 0 radical (unpaired) electrons. The van der Waals surface area contributed by atoms with Crippen LogP contribution < -0.4 is 11.1 Å². The van der Waals surface area contributed by atoms with E-state index in [2.05, 4.69) is 17.3 Å². The van der Waals surface area contributed by atoms with Crippen LogP contribution in [0.25, 0.3) is 0 Å². The van der Waals surface area contributed by atoms with Gasteiger partial charge in [0.05, 0.1) is 5.54 Å². The van der Waals surface area contributed by atoms with Crippen LogP contribution in [0.4, 0.5) is 0 Å². The molecular formula is C14H27N3O2. The molecule has 19 heavy (non-hydrogen) atoms. The van der Waals surface area contributed by atoms with Gasteiger partial charge in [0.1, 0.15) is 0 Å². The highest BCUT2D eigenvalue weighted by molar-refractivity contribution is 5.86. The molecule has 1 saturated heterocycles. The number of ether oxygens (including phenoxy) is 1. The quantitative estimate of drug-likeness (QED) is 0.762. The molecule has 110 valence electrons. The fraction of sp³-hybridized carbons (Fsp3) is 0.929. The number of rotatable bonds is 5. The Kier molecular flexibility index (Phi) is 5.19. The Bertz CT molecular complexity index is 297. The fourth-order valence-electron chi connectivity index (χ4n) is 3.01. The number of amides is 1. The van der Waals surface area contributed by atoms with Crippen molar-refractivity contribution >= 4 is 5.91 Å². The summed E-state index contributed by atoms with van der Waals surface area (Å²) < 4.78 is 5.26. The smallest absolute Gasteiger partial charge is 0.240 e. The summed E-state index contributed by atoms with van der Waals surface area (Å²) in [5.74, 6) is -0.0179. The van der Waals surface area contributed by atoms with Crippen molar-refractivity contribution in [2.75, 3.05) is 33.4 Å². The van der Waals surface area contributed by atoms with Crippen molar-refractivity contribution in [3.63, 3.8) is 0 Å². The first-order valence-corrected chi connectivity index (χ1v) is 7.47. The number of likely N-dealkylation sites (N-methyl/N-ethyl adjacent to an activating group) is 1. The average molecular weight is 269 g/mol. The molecule has 1 saturated carbocycles. The van der Waals surface area contributed by atoms with Crippen LogP contribution >= 0.6 is 0 Å². The highest BCUT2D eigenvalue weighted by Gasteiger charge is 2.35. The minimum absolute atomic E-state index is 0.0179. The standard InChI is InChI=1S/C14H27N3O2/c1-17(12-4-2-3-5-12)9-8-16-13(18)14(15)6-10-19-11-7-14/h12H,2-11,15H2,1H3,(H,16,18). The van der Waals surface area contributed by atoms with E-state index in [-0.39, 0.29) is 5.91 Å². The minimum Gasteiger partial charge on any atom is -0.381 e. The number of carbonyl (C=O) groups is 1. The molecule has 1 heterocycles. The van der Waals surface area contributed by atoms with Crippen molar-refractivity contribution in [2.45, 2.75) is 50.1 Å². The highest BCUT2D eigenvalue weighted by atomic mass is 16.5. The summed E-state index contributed by atoms with van der Waals surface area (Å²) in [6.07, 6.45) is 6.51. The van der Waals surface area contributed by atoms with Gasteiger partial charge in [-0.3, -0.25) is 4.79 Å². The lowest BCUT2D eigenvalue weighted by Gasteiger charge is -2.32. The Balaban J connectivity index is 1.68. The maximum atomic E-state index is 12.1. The zero-order chi connectivity index (χ0) is 13.7. The van der Waals surface area contributed by atoms with E-state index in [0.717, 1.165) is 6.54 Å². The first kappa shape index (κ1) is 14.8. The summed E-state index contributed by atoms with van der Waals surface area (Å²) in [5, 5.41) is 2.99. The fourth-order valence-corrected chi connectivity index (χ4v) is 3.01. The summed E-state index contributed by atoms with van der Waals surface area (Å²) in [7, 11) is 2.15. The Morgan fingerprint density at radius 2 is 2.00 bits per heavy atom. The van der Waals surface area contributed by atoms with Crippen LogP contribution in [0.3, 0.4) is 0 Å². The van der Waals surface area contributed by atoms with E-state index in [9.17, 15) is 4.79 Å². The van der Waals surface area contributed by atoms with Crippen LogP contribution in [0.2, 0.25) is 0 Å². The second-order valence-corrected chi connectivity index (χ2v) is 5.94. The third kappa shape index (κ3) is 3.91. The molecule has 2 rings (SSSR count). The van der Waals surface area contributed by atoms with Crippen LogP contribution in [-0.4, -0.2) is 55.7 Å². The summed E-state index contributed by atoms with van der Waals surface area (Å²) >= 11 is 0. The van der Waals surface area contributed by atoms with Crippen LogP contribution in [-0.2, 0) is 9.53 Å². The van der Waals surface area contributed by atoms with Crippen LogP contribution in [0, 0.1) is 0 Å². The van der Waals surface area contributed by atoms with Crippen LogP contribution in [0.1, 0.15) is 38.5 Å². The number of hydrogen-bond donors (Lipinski definition) is 2. The lowest BCUT2D eigenvalue weighted by atomic mass is 9.90. The van der Waals surface area contributed by atoms with Gasteiger partial charge in [-0.05, 0) is 32.7 Å². The second-order valence-electron chi connectivity index (χ2n) is 5.94. The Labute approximate surface area is 115 Å². The van der Waals surface area contributed by atoms with Gasteiger partial charge in [0.15, 0.2) is 0 Å². The molecule has 2 fully saturated rings. The van der Waals surface area contributed by atoms with Gasteiger partial charge < -0.3 is 20.7 Å². The SMILES string of the molecule is CN(CCNC(=O)C1(N)CCOCC1)C1CCCC1. The van der Waals surface area contributed by atoms with E-state index in [1.165, 1.54) is 25.7 Å². The zero-order valence-corrected chi connectivity index (χ0v) is 12.0. The van der Waals surface area contributed by atoms with Crippen molar-refractivity contribution in [3.8, 4) is 0 Å². The van der Waals surface area contributed by atoms with Crippen molar-refractivity contribution < 1.29 is 9.53 Å². The molecule has 5 heteroatoms. The molecule has 1 amide bonds. The summed E-state index contributed by atoms with van der Waals surface area (Å²) in [6, 6.07) is 0.701. The number of nitrogens with two attached hydrogens (primary N) is 1. The Morgan fingerprint density at radius 1 is 1.37 bits per heavy atom. The first-order chi connectivity index (χ1) is 9.12. The van der Waals surface area contributed by atoms with Gasteiger partial charge in [0.2, 0.25) is 5.91 Å². The molecule has 1 aliphatic heterocycles. The average Bonchev–Trinajstić information content (AvgIpc) is 2.93. The predicted octanol–water partition coefficient (Wildman–Crippen LogP) is 0.485. The van der Waals surface area contributed by atoms with Crippen molar-refractivity contribution in [3.05, 3.63) is 0 Å². The van der Waals surface area contributed by atoms with E-state index in [0.29, 0.717) is 38.6 Å². The van der Waals surface area contributed by atoms with Gasteiger partial charge in [-0.15, -0.1) is 0 Å². The number of nitrogens with zero attached hydrogens (tertiary/aromatic N) is 1. The molecule has 0 aromatic heterocycles. The lowest BCUT2D eigenvalue weighted by Crippen LogP contribution is -2.57. The molecule has 5 nitrogen and oxygen atoms in total. The first-order valence-electron chi connectivity index (χ1n) is 7.47. The normalized spacial score (nSPS) is 23.7. The Hall–Kier alpha value is -0.650. The lowest BCUT2D eigenvalue weighted by molar-refractivity contribution is -0.129. The molecular weight excluding hydrogens is 242 g/mol.